The fraction of sp³-hybridized carbons (Fsp3) is 0.333. The molecule has 0 aromatic heterocycles. The van der Waals surface area contributed by atoms with E-state index in [4.69, 9.17) is 9.47 Å². The Kier molecular flexibility index (Phi) is 7.23. The van der Waals surface area contributed by atoms with Gasteiger partial charge in [0.25, 0.3) is 0 Å². The van der Waals surface area contributed by atoms with E-state index in [-0.39, 0.29) is 18.6 Å². The normalized spacial score (nSPS) is 10.6. The van der Waals surface area contributed by atoms with Crippen molar-refractivity contribution in [3.63, 3.8) is 0 Å². The van der Waals surface area contributed by atoms with Gasteiger partial charge in [-0.3, -0.25) is 9.59 Å². The van der Waals surface area contributed by atoms with Gasteiger partial charge < -0.3 is 20.1 Å². The van der Waals surface area contributed by atoms with E-state index in [1.165, 1.54) is 0 Å². The summed E-state index contributed by atoms with van der Waals surface area (Å²) >= 11 is 0. The fourth-order valence-corrected chi connectivity index (χ4v) is 2.36. The number of carbonyl (C=O) groups is 2. The first-order valence-corrected chi connectivity index (χ1v) is 8.95. The molecule has 0 bridgehead atoms. The van der Waals surface area contributed by atoms with Crippen LogP contribution in [0.25, 0.3) is 0 Å². The third kappa shape index (κ3) is 7.01. The molecule has 0 unspecified atom stereocenters. The summed E-state index contributed by atoms with van der Waals surface area (Å²) in [7, 11) is 0. The first-order valence-electron chi connectivity index (χ1n) is 8.95. The smallest absolute Gasteiger partial charge is 0.233 e. The monoisotopic (exact) mass is 370 g/mol. The van der Waals surface area contributed by atoms with Gasteiger partial charge in [0, 0.05) is 5.69 Å². The molecule has 2 amide bonds. The summed E-state index contributed by atoms with van der Waals surface area (Å²) in [6.07, 6.45) is -0.231. The van der Waals surface area contributed by atoms with E-state index in [1.807, 2.05) is 33.8 Å². The Labute approximate surface area is 159 Å². The number of hydrogen-bond donors (Lipinski definition) is 2. The van der Waals surface area contributed by atoms with E-state index < -0.39 is 11.8 Å². The highest BCUT2D eigenvalue weighted by Crippen LogP contribution is 2.25. The Morgan fingerprint density at radius 2 is 1.41 bits per heavy atom. The number of benzene rings is 2. The maximum Gasteiger partial charge on any atom is 0.233 e. The van der Waals surface area contributed by atoms with Crippen molar-refractivity contribution in [2.75, 3.05) is 10.6 Å². The molecule has 0 radical (unpaired) electrons. The SMILES string of the molecule is CC(C)Oc1ccc(NC(=O)CC(=O)Nc2ccccc2OC(C)C)cc1. The van der Waals surface area contributed by atoms with Gasteiger partial charge in [0.2, 0.25) is 11.8 Å². The van der Waals surface area contributed by atoms with Gasteiger partial charge >= 0.3 is 0 Å². The largest absolute Gasteiger partial charge is 0.491 e. The Morgan fingerprint density at radius 1 is 0.815 bits per heavy atom. The lowest BCUT2D eigenvalue weighted by Crippen LogP contribution is -2.22. The predicted molar refractivity (Wildman–Crippen MR) is 106 cm³/mol. The van der Waals surface area contributed by atoms with Crippen LogP contribution < -0.4 is 20.1 Å². The highest BCUT2D eigenvalue weighted by atomic mass is 16.5. The second-order valence-corrected chi connectivity index (χ2v) is 6.63. The zero-order valence-electron chi connectivity index (χ0n) is 16.1. The molecule has 0 heterocycles. The second-order valence-electron chi connectivity index (χ2n) is 6.63. The minimum atomic E-state index is -0.410. The van der Waals surface area contributed by atoms with Crippen LogP contribution in [0.15, 0.2) is 48.5 Å². The van der Waals surface area contributed by atoms with Gasteiger partial charge in [0.15, 0.2) is 0 Å². The fourth-order valence-electron chi connectivity index (χ4n) is 2.36. The van der Waals surface area contributed by atoms with Crippen molar-refractivity contribution in [1.29, 1.82) is 0 Å². The Bertz CT molecular complexity index is 770. The molecule has 27 heavy (non-hydrogen) atoms. The van der Waals surface area contributed by atoms with Crippen molar-refractivity contribution >= 4 is 23.2 Å². The van der Waals surface area contributed by atoms with Gasteiger partial charge in [0.1, 0.15) is 17.9 Å². The molecule has 0 spiro atoms. The number of anilines is 2. The molecule has 2 aromatic carbocycles. The van der Waals surface area contributed by atoms with E-state index in [0.29, 0.717) is 17.1 Å². The zero-order valence-corrected chi connectivity index (χ0v) is 16.1. The van der Waals surface area contributed by atoms with Crippen LogP contribution in [0.1, 0.15) is 34.1 Å². The molecule has 0 aliphatic heterocycles. The lowest BCUT2D eigenvalue weighted by atomic mass is 10.2. The maximum absolute atomic E-state index is 12.2. The Hall–Kier alpha value is -3.02. The highest BCUT2D eigenvalue weighted by Gasteiger charge is 2.13. The van der Waals surface area contributed by atoms with Crippen LogP contribution in [0, 0.1) is 0 Å². The van der Waals surface area contributed by atoms with Crippen LogP contribution in [0.4, 0.5) is 11.4 Å². The standard InChI is InChI=1S/C21H26N2O4/c1-14(2)26-17-11-9-16(10-12-17)22-20(24)13-21(25)23-18-7-5-6-8-19(18)27-15(3)4/h5-12,14-15H,13H2,1-4H3,(H,22,24)(H,23,25). The summed E-state index contributed by atoms with van der Waals surface area (Å²) < 4.78 is 11.2. The Balaban J connectivity index is 1.90. The zero-order chi connectivity index (χ0) is 19.8. The van der Waals surface area contributed by atoms with Crippen LogP contribution in [0.3, 0.4) is 0 Å². The maximum atomic E-state index is 12.2. The summed E-state index contributed by atoms with van der Waals surface area (Å²) in [6, 6.07) is 14.1. The molecule has 0 saturated heterocycles. The number of rotatable bonds is 8. The van der Waals surface area contributed by atoms with Crippen LogP contribution in [0.2, 0.25) is 0 Å². The molecular weight excluding hydrogens is 344 g/mol. The third-order valence-electron chi connectivity index (χ3n) is 3.35. The first-order chi connectivity index (χ1) is 12.8. The van der Waals surface area contributed by atoms with Crippen molar-refractivity contribution in [2.24, 2.45) is 0 Å². The average molecular weight is 370 g/mol. The number of nitrogens with one attached hydrogen (secondary N) is 2. The van der Waals surface area contributed by atoms with E-state index >= 15 is 0 Å². The summed E-state index contributed by atoms with van der Waals surface area (Å²) in [5, 5.41) is 5.42. The van der Waals surface area contributed by atoms with E-state index in [9.17, 15) is 9.59 Å². The topological polar surface area (TPSA) is 76.7 Å². The molecule has 0 atom stereocenters. The molecule has 2 rings (SSSR count). The van der Waals surface area contributed by atoms with Crippen LogP contribution >= 0.6 is 0 Å². The number of ether oxygens (including phenoxy) is 2. The van der Waals surface area contributed by atoms with Gasteiger partial charge in [0.05, 0.1) is 17.9 Å². The predicted octanol–water partition coefficient (Wildman–Crippen LogP) is 4.23. The Morgan fingerprint density at radius 3 is 2.04 bits per heavy atom. The minimum Gasteiger partial charge on any atom is -0.491 e. The molecule has 0 saturated carbocycles. The van der Waals surface area contributed by atoms with Crippen LogP contribution in [-0.4, -0.2) is 24.0 Å². The van der Waals surface area contributed by atoms with E-state index in [1.54, 1.807) is 42.5 Å². The van der Waals surface area contributed by atoms with Crippen molar-refractivity contribution in [2.45, 2.75) is 46.3 Å². The van der Waals surface area contributed by atoms with E-state index in [0.717, 1.165) is 5.75 Å². The van der Waals surface area contributed by atoms with Crippen molar-refractivity contribution < 1.29 is 19.1 Å². The minimum absolute atomic E-state index is 0.0194. The molecule has 6 heteroatoms. The molecule has 144 valence electrons. The number of carbonyl (C=O) groups excluding carboxylic acids is 2. The number of amides is 2. The molecule has 0 aliphatic carbocycles. The van der Waals surface area contributed by atoms with Crippen LogP contribution in [0.5, 0.6) is 11.5 Å². The average Bonchev–Trinajstić information content (AvgIpc) is 2.57. The molecular formula is C21H26N2O4. The van der Waals surface area contributed by atoms with Gasteiger partial charge in [-0.1, -0.05) is 12.1 Å². The molecule has 2 aromatic rings. The molecule has 2 N–H and O–H groups in total. The van der Waals surface area contributed by atoms with Crippen molar-refractivity contribution in [3.05, 3.63) is 48.5 Å². The summed E-state index contributed by atoms with van der Waals surface area (Å²) in [4.78, 5) is 24.3. The molecule has 6 nitrogen and oxygen atoms in total. The lowest BCUT2D eigenvalue weighted by Gasteiger charge is -2.14. The summed E-state index contributed by atoms with van der Waals surface area (Å²) in [6.45, 7) is 7.70. The first kappa shape index (κ1) is 20.3. The van der Waals surface area contributed by atoms with Gasteiger partial charge in [-0.15, -0.1) is 0 Å². The molecule has 0 fully saturated rings. The summed E-state index contributed by atoms with van der Waals surface area (Å²) in [5.41, 5.74) is 1.15. The third-order valence-corrected chi connectivity index (χ3v) is 3.35. The van der Waals surface area contributed by atoms with Gasteiger partial charge in [-0.05, 0) is 64.1 Å². The highest BCUT2D eigenvalue weighted by molar-refractivity contribution is 6.08. The van der Waals surface area contributed by atoms with E-state index in [2.05, 4.69) is 10.6 Å². The summed E-state index contributed by atoms with van der Waals surface area (Å²) in [5.74, 6) is 0.490. The lowest BCUT2D eigenvalue weighted by molar-refractivity contribution is -0.123. The molecule has 0 aliphatic rings. The van der Waals surface area contributed by atoms with Gasteiger partial charge in [-0.2, -0.15) is 0 Å². The second kappa shape index (κ2) is 9.62. The van der Waals surface area contributed by atoms with Gasteiger partial charge in [-0.25, -0.2) is 0 Å². The number of para-hydroxylation sites is 2. The van der Waals surface area contributed by atoms with Crippen molar-refractivity contribution in [3.8, 4) is 11.5 Å². The quantitative estimate of drug-likeness (QED) is 0.682. The number of hydrogen-bond acceptors (Lipinski definition) is 4. The van der Waals surface area contributed by atoms with Crippen molar-refractivity contribution in [1.82, 2.24) is 0 Å². The van der Waals surface area contributed by atoms with Crippen LogP contribution in [-0.2, 0) is 9.59 Å².